The van der Waals surface area contributed by atoms with Crippen molar-refractivity contribution in [3.8, 4) is 5.75 Å². The van der Waals surface area contributed by atoms with Crippen molar-refractivity contribution in [1.82, 2.24) is 4.31 Å². The van der Waals surface area contributed by atoms with E-state index in [1.807, 2.05) is 13.8 Å². The van der Waals surface area contributed by atoms with Crippen LogP contribution in [-0.4, -0.2) is 37.7 Å². The van der Waals surface area contributed by atoms with Crippen molar-refractivity contribution < 1.29 is 13.2 Å². The minimum absolute atomic E-state index is 0.0275. The van der Waals surface area contributed by atoms with Crippen molar-refractivity contribution in [2.45, 2.75) is 37.6 Å². The summed E-state index contributed by atoms with van der Waals surface area (Å²) in [5, 5.41) is 0.624. The van der Waals surface area contributed by atoms with Crippen LogP contribution in [0, 0.1) is 0 Å². The van der Waals surface area contributed by atoms with Crippen molar-refractivity contribution in [1.29, 1.82) is 0 Å². The number of sulfonamides is 1. The summed E-state index contributed by atoms with van der Waals surface area (Å²) in [6.07, 6.45) is 1.61. The number of methoxy groups -OCH3 is 1. The third-order valence-corrected chi connectivity index (χ3v) is 5.64. The molecular weight excluding hydrogens is 342 g/mol. The lowest BCUT2D eigenvalue weighted by Crippen LogP contribution is -2.40. The summed E-state index contributed by atoms with van der Waals surface area (Å²) in [5.41, 5.74) is 0. The van der Waals surface area contributed by atoms with E-state index in [0.717, 1.165) is 12.8 Å². The maximum atomic E-state index is 12.7. The molecule has 0 aromatic heterocycles. The molecule has 0 aliphatic carbocycles. The molecule has 20 heavy (non-hydrogen) atoms. The highest BCUT2D eigenvalue weighted by molar-refractivity contribution is 9.09. The van der Waals surface area contributed by atoms with Gasteiger partial charge in [-0.2, -0.15) is 4.31 Å². The first-order chi connectivity index (χ1) is 9.51. The molecule has 0 saturated heterocycles. The second-order valence-electron chi connectivity index (χ2n) is 4.45. The molecule has 1 aromatic rings. The van der Waals surface area contributed by atoms with E-state index in [1.54, 1.807) is 35.7 Å². The van der Waals surface area contributed by atoms with Gasteiger partial charge in [-0.15, -0.1) is 0 Å². The van der Waals surface area contributed by atoms with Crippen molar-refractivity contribution in [3.63, 3.8) is 0 Å². The van der Waals surface area contributed by atoms with Gasteiger partial charge in [-0.05, 0) is 37.1 Å². The molecule has 0 radical (unpaired) electrons. The predicted molar refractivity (Wildman–Crippen MR) is 85.0 cm³/mol. The van der Waals surface area contributed by atoms with Gasteiger partial charge >= 0.3 is 0 Å². The van der Waals surface area contributed by atoms with Crippen LogP contribution in [0.4, 0.5) is 0 Å². The van der Waals surface area contributed by atoms with Crippen LogP contribution in [0.3, 0.4) is 0 Å². The molecule has 0 aliphatic rings. The molecule has 114 valence electrons. The van der Waals surface area contributed by atoms with Crippen LogP contribution < -0.4 is 4.74 Å². The van der Waals surface area contributed by atoms with Crippen LogP contribution in [0.5, 0.6) is 5.75 Å². The Balaban J connectivity index is 3.14. The van der Waals surface area contributed by atoms with E-state index >= 15 is 0 Å². The lowest BCUT2D eigenvalue weighted by molar-refractivity contribution is 0.317. The van der Waals surface area contributed by atoms with E-state index in [2.05, 4.69) is 15.9 Å². The van der Waals surface area contributed by atoms with Gasteiger partial charge in [0.2, 0.25) is 10.0 Å². The minimum Gasteiger partial charge on any atom is -0.497 e. The fourth-order valence-corrected chi connectivity index (χ4v) is 4.55. The Labute approximate surface area is 130 Å². The molecule has 1 rings (SSSR count). The number of nitrogens with zero attached hydrogens (tertiary/aromatic N) is 1. The standard InChI is InChI=1S/C14H22BrNO3S/c1-4-12(5-2)16(11-10-15)20(17,18)14-8-6-13(19-3)7-9-14/h6-9,12H,4-5,10-11H2,1-3H3. The topological polar surface area (TPSA) is 46.6 Å². The second kappa shape index (κ2) is 8.00. The molecule has 0 bridgehead atoms. The quantitative estimate of drug-likeness (QED) is 0.665. The summed E-state index contributed by atoms with van der Waals surface area (Å²) in [6, 6.07) is 6.56. The number of benzene rings is 1. The number of rotatable bonds is 8. The Bertz CT molecular complexity index is 498. The number of hydrogen-bond donors (Lipinski definition) is 0. The SMILES string of the molecule is CCC(CC)N(CCBr)S(=O)(=O)c1ccc(OC)cc1. The van der Waals surface area contributed by atoms with Crippen molar-refractivity contribution in [3.05, 3.63) is 24.3 Å². The van der Waals surface area contributed by atoms with Gasteiger partial charge in [0, 0.05) is 17.9 Å². The van der Waals surface area contributed by atoms with Gasteiger partial charge in [-0.25, -0.2) is 8.42 Å². The van der Waals surface area contributed by atoms with Gasteiger partial charge in [-0.1, -0.05) is 29.8 Å². The first-order valence-electron chi connectivity index (χ1n) is 6.73. The highest BCUT2D eigenvalue weighted by Crippen LogP contribution is 2.23. The molecule has 0 unspecified atom stereocenters. The Hall–Kier alpha value is -0.590. The van der Waals surface area contributed by atoms with Crippen LogP contribution in [0.1, 0.15) is 26.7 Å². The maximum absolute atomic E-state index is 12.7. The molecule has 1 aromatic carbocycles. The number of halogens is 1. The Morgan fingerprint density at radius 2 is 1.75 bits per heavy atom. The summed E-state index contributed by atoms with van der Waals surface area (Å²) < 4.78 is 32.1. The van der Waals surface area contributed by atoms with Crippen molar-refractivity contribution in [2.75, 3.05) is 19.0 Å². The lowest BCUT2D eigenvalue weighted by atomic mass is 10.2. The zero-order valence-electron chi connectivity index (χ0n) is 12.2. The fourth-order valence-electron chi connectivity index (χ4n) is 2.16. The Morgan fingerprint density at radius 1 is 1.20 bits per heavy atom. The molecule has 6 heteroatoms. The summed E-state index contributed by atoms with van der Waals surface area (Å²) >= 11 is 3.34. The van der Waals surface area contributed by atoms with E-state index in [4.69, 9.17) is 4.74 Å². The van der Waals surface area contributed by atoms with E-state index in [-0.39, 0.29) is 6.04 Å². The summed E-state index contributed by atoms with van der Waals surface area (Å²) in [6.45, 7) is 4.50. The lowest BCUT2D eigenvalue weighted by Gasteiger charge is -2.29. The predicted octanol–water partition coefficient (Wildman–Crippen LogP) is 3.27. The molecule has 0 amide bonds. The molecule has 0 fully saturated rings. The summed E-state index contributed by atoms with van der Waals surface area (Å²) in [5.74, 6) is 0.651. The van der Waals surface area contributed by atoms with Gasteiger partial charge in [-0.3, -0.25) is 0 Å². The van der Waals surface area contributed by atoms with Crippen LogP contribution in [0.15, 0.2) is 29.2 Å². The molecule has 0 spiro atoms. The largest absolute Gasteiger partial charge is 0.497 e. The van der Waals surface area contributed by atoms with Gasteiger partial charge in [0.1, 0.15) is 5.75 Å². The fraction of sp³-hybridized carbons (Fsp3) is 0.571. The van der Waals surface area contributed by atoms with E-state index in [1.165, 1.54) is 0 Å². The minimum atomic E-state index is -3.46. The normalized spacial score (nSPS) is 12.1. The maximum Gasteiger partial charge on any atom is 0.243 e. The van der Waals surface area contributed by atoms with E-state index < -0.39 is 10.0 Å². The van der Waals surface area contributed by atoms with Crippen LogP contribution >= 0.6 is 15.9 Å². The van der Waals surface area contributed by atoms with Gasteiger partial charge < -0.3 is 4.74 Å². The first-order valence-corrected chi connectivity index (χ1v) is 9.29. The smallest absolute Gasteiger partial charge is 0.243 e. The number of alkyl halides is 1. The highest BCUT2D eigenvalue weighted by Gasteiger charge is 2.29. The summed E-state index contributed by atoms with van der Waals surface area (Å²) in [4.78, 5) is 0.311. The average Bonchev–Trinajstić information content (AvgIpc) is 2.47. The molecule has 0 aliphatic heterocycles. The second-order valence-corrected chi connectivity index (χ2v) is 7.13. The monoisotopic (exact) mass is 363 g/mol. The molecule has 0 atom stereocenters. The van der Waals surface area contributed by atoms with E-state index in [0.29, 0.717) is 22.5 Å². The molecule has 0 N–H and O–H groups in total. The third-order valence-electron chi connectivity index (χ3n) is 3.32. The van der Waals surface area contributed by atoms with Gasteiger partial charge in [0.25, 0.3) is 0 Å². The molecule has 0 heterocycles. The zero-order valence-corrected chi connectivity index (χ0v) is 14.6. The van der Waals surface area contributed by atoms with Crippen LogP contribution in [0.25, 0.3) is 0 Å². The van der Waals surface area contributed by atoms with Crippen molar-refractivity contribution >= 4 is 26.0 Å². The first kappa shape index (κ1) is 17.5. The molecule has 0 saturated carbocycles. The molecule has 4 nitrogen and oxygen atoms in total. The summed E-state index contributed by atoms with van der Waals surface area (Å²) in [7, 11) is -1.90. The Morgan fingerprint density at radius 3 is 2.15 bits per heavy atom. The average molecular weight is 364 g/mol. The van der Waals surface area contributed by atoms with Crippen molar-refractivity contribution in [2.24, 2.45) is 0 Å². The zero-order chi connectivity index (χ0) is 15.2. The number of hydrogen-bond acceptors (Lipinski definition) is 3. The number of ether oxygens (including phenoxy) is 1. The van der Waals surface area contributed by atoms with Crippen LogP contribution in [-0.2, 0) is 10.0 Å². The third kappa shape index (κ3) is 3.96. The van der Waals surface area contributed by atoms with Gasteiger partial charge in [0.15, 0.2) is 0 Å². The van der Waals surface area contributed by atoms with Gasteiger partial charge in [0.05, 0.1) is 12.0 Å². The Kier molecular flexibility index (Phi) is 6.99. The van der Waals surface area contributed by atoms with E-state index in [9.17, 15) is 8.42 Å². The molecular formula is C14H22BrNO3S. The van der Waals surface area contributed by atoms with Crippen LogP contribution in [0.2, 0.25) is 0 Å². The highest BCUT2D eigenvalue weighted by atomic mass is 79.9.